The Kier molecular flexibility index (Phi) is 9.97. The van der Waals surface area contributed by atoms with Crippen molar-refractivity contribution in [2.24, 2.45) is 4.52 Å². The molecule has 0 saturated carbocycles. The van der Waals surface area contributed by atoms with Crippen LogP contribution >= 0.6 is 0 Å². The second kappa shape index (κ2) is 12.3. The maximum absolute atomic E-state index is 12.0. The molecule has 0 aliphatic rings. The van der Waals surface area contributed by atoms with Crippen molar-refractivity contribution < 1.29 is 27.8 Å². The normalized spacial score (nSPS) is 12.1. The van der Waals surface area contributed by atoms with Gasteiger partial charge in [0.05, 0.1) is 18.1 Å². The fourth-order valence-corrected chi connectivity index (χ4v) is 4.20. The van der Waals surface area contributed by atoms with E-state index in [0.717, 1.165) is 29.5 Å². The van der Waals surface area contributed by atoms with Crippen molar-refractivity contribution in [1.29, 1.82) is 0 Å². The standard InChI is InChI=1S/C26H36N4O6S/c1-7-25(3,4)21-15-18(16-22(23(21)31)26(5,6)8-2)17-35-13-14-36-24(32)28-19-9-11-20(12-10-19)37(33,34)30-29-27/h9-12,15-16,31H,7-8,13-14,17H2,1-6H3,(H,28,32). The van der Waals surface area contributed by atoms with Crippen LogP contribution in [-0.4, -0.2) is 32.8 Å². The van der Waals surface area contributed by atoms with Gasteiger partial charge in [-0.25, -0.2) is 13.2 Å². The first-order chi connectivity index (χ1) is 17.3. The lowest BCUT2D eigenvalue weighted by molar-refractivity contribution is 0.0695. The number of sulfonamides is 1. The molecule has 2 aromatic carbocycles. The summed E-state index contributed by atoms with van der Waals surface area (Å²) in [6, 6.07) is 9.09. The van der Waals surface area contributed by atoms with Crippen LogP contribution in [-0.2, 0) is 36.9 Å². The summed E-state index contributed by atoms with van der Waals surface area (Å²) in [6.07, 6.45) is 1.01. The number of ether oxygens (including phenoxy) is 2. The molecular formula is C26H36N4O6S. The van der Waals surface area contributed by atoms with Crippen LogP contribution in [0, 0.1) is 0 Å². The summed E-state index contributed by atoms with van der Waals surface area (Å²) in [5.41, 5.74) is 10.9. The highest BCUT2D eigenvalue weighted by Crippen LogP contribution is 2.42. The Morgan fingerprint density at radius 3 is 2.05 bits per heavy atom. The zero-order valence-corrected chi connectivity index (χ0v) is 23.1. The number of azide groups is 1. The number of amides is 1. The molecule has 0 radical (unpaired) electrons. The summed E-state index contributed by atoms with van der Waals surface area (Å²) in [4.78, 5) is 14.1. The van der Waals surface area contributed by atoms with E-state index in [0.29, 0.717) is 18.0 Å². The summed E-state index contributed by atoms with van der Waals surface area (Å²) in [5, 5.41) is 13.5. The molecule has 0 aromatic heterocycles. The number of nitrogens with one attached hydrogen (secondary N) is 1. The van der Waals surface area contributed by atoms with E-state index in [4.69, 9.17) is 15.0 Å². The van der Waals surface area contributed by atoms with Crippen LogP contribution in [0.5, 0.6) is 5.75 Å². The number of nitrogens with zero attached hydrogens (tertiary/aromatic N) is 3. The summed E-state index contributed by atoms with van der Waals surface area (Å²) in [6.45, 7) is 13.1. The van der Waals surface area contributed by atoms with Crippen molar-refractivity contribution in [3.05, 3.63) is 63.5 Å². The molecule has 0 atom stereocenters. The number of benzene rings is 2. The minimum atomic E-state index is -4.09. The van der Waals surface area contributed by atoms with E-state index in [2.05, 4.69) is 56.3 Å². The lowest BCUT2D eigenvalue weighted by Crippen LogP contribution is -2.21. The fourth-order valence-electron chi connectivity index (χ4n) is 3.53. The van der Waals surface area contributed by atoms with Gasteiger partial charge in [-0.05, 0) is 71.2 Å². The fraction of sp³-hybridized carbons (Fsp3) is 0.500. The number of carbonyl (C=O) groups excluding carboxylic acids is 1. The smallest absolute Gasteiger partial charge is 0.411 e. The van der Waals surface area contributed by atoms with Crippen LogP contribution in [0.25, 0.3) is 10.4 Å². The first-order valence-corrected chi connectivity index (χ1v) is 13.5. The Labute approximate surface area is 218 Å². The van der Waals surface area contributed by atoms with Gasteiger partial charge in [0.2, 0.25) is 0 Å². The highest BCUT2D eigenvalue weighted by molar-refractivity contribution is 7.90. The minimum absolute atomic E-state index is 0.00782. The quantitative estimate of drug-likeness (QED) is 0.137. The number of hydrogen-bond donors (Lipinski definition) is 2. The Balaban J connectivity index is 1.96. The van der Waals surface area contributed by atoms with Crippen molar-refractivity contribution in [3.63, 3.8) is 0 Å². The first kappa shape index (κ1) is 30.0. The average Bonchev–Trinajstić information content (AvgIpc) is 2.84. The Morgan fingerprint density at radius 1 is 1.03 bits per heavy atom. The van der Waals surface area contributed by atoms with Gasteiger partial charge >= 0.3 is 6.09 Å². The third-order valence-corrected chi connectivity index (χ3v) is 7.82. The van der Waals surface area contributed by atoms with E-state index < -0.39 is 16.1 Å². The number of phenolic OH excluding ortho intramolecular Hbond substituents is 1. The molecular weight excluding hydrogens is 496 g/mol. The topological polar surface area (TPSA) is 151 Å². The van der Waals surface area contributed by atoms with E-state index >= 15 is 0 Å². The van der Waals surface area contributed by atoms with Gasteiger partial charge < -0.3 is 14.6 Å². The molecule has 0 heterocycles. The molecule has 0 fully saturated rings. The SMILES string of the molecule is CCC(C)(C)c1cc(COCCOC(=O)Nc2ccc(S(=O)(=O)N=[N+]=[N-])cc2)cc(C(C)(C)CC)c1O. The molecule has 11 heteroatoms. The highest BCUT2D eigenvalue weighted by atomic mass is 32.2. The van der Waals surface area contributed by atoms with Crippen LogP contribution in [0.15, 0.2) is 45.8 Å². The molecule has 0 spiro atoms. The van der Waals surface area contributed by atoms with Crippen molar-refractivity contribution >= 4 is 21.8 Å². The van der Waals surface area contributed by atoms with Crippen molar-refractivity contribution in [2.45, 2.75) is 76.7 Å². The molecule has 0 bridgehead atoms. The third kappa shape index (κ3) is 7.85. The molecule has 2 aromatic rings. The predicted molar refractivity (Wildman–Crippen MR) is 142 cm³/mol. The monoisotopic (exact) mass is 532 g/mol. The van der Waals surface area contributed by atoms with E-state index in [1.165, 1.54) is 24.3 Å². The van der Waals surface area contributed by atoms with Crippen LogP contribution in [0.4, 0.5) is 10.5 Å². The second-order valence-electron chi connectivity index (χ2n) is 10.00. The number of phenols is 1. The molecule has 10 nitrogen and oxygen atoms in total. The average molecular weight is 533 g/mol. The van der Waals surface area contributed by atoms with Gasteiger partial charge in [-0.15, -0.1) is 0 Å². The lowest BCUT2D eigenvalue weighted by Gasteiger charge is -2.31. The molecule has 0 aliphatic heterocycles. The van der Waals surface area contributed by atoms with Gasteiger partial charge in [0, 0.05) is 26.2 Å². The molecule has 0 aliphatic carbocycles. The highest BCUT2D eigenvalue weighted by Gasteiger charge is 2.29. The number of hydrogen-bond acceptors (Lipinski definition) is 6. The van der Waals surface area contributed by atoms with Crippen LogP contribution in [0.3, 0.4) is 0 Å². The van der Waals surface area contributed by atoms with Gasteiger partial charge in [-0.3, -0.25) is 5.32 Å². The maximum Gasteiger partial charge on any atom is 0.411 e. The van der Waals surface area contributed by atoms with Gasteiger partial charge in [0.25, 0.3) is 10.0 Å². The molecule has 0 unspecified atom stereocenters. The molecule has 2 N–H and O–H groups in total. The molecule has 202 valence electrons. The number of carbonyl (C=O) groups is 1. The van der Waals surface area contributed by atoms with Gasteiger partial charge in [-0.2, -0.15) is 0 Å². The van der Waals surface area contributed by atoms with Crippen LogP contribution in [0.2, 0.25) is 0 Å². The van der Waals surface area contributed by atoms with Crippen LogP contribution in [0.1, 0.15) is 71.1 Å². The van der Waals surface area contributed by atoms with Crippen molar-refractivity contribution in [2.75, 3.05) is 18.5 Å². The molecule has 2 rings (SSSR count). The minimum Gasteiger partial charge on any atom is -0.507 e. The molecule has 37 heavy (non-hydrogen) atoms. The van der Waals surface area contributed by atoms with Crippen molar-refractivity contribution in [3.8, 4) is 5.75 Å². The van der Waals surface area contributed by atoms with Crippen LogP contribution < -0.4 is 5.32 Å². The Bertz CT molecular complexity index is 1210. The third-order valence-electron chi connectivity index (χ3n) is 6.67. The summed E-state index contributed by atoms with van der Waals surface area (Å²) in [5.74, 6) is 0.339. The summed E-state index contributed by atoms with van der Waals surface area (Å²) in [7, 11) is -4.09. The van der Waals surface area contributed by atoms with E-state index in [-0.39, 0.29) is 28.9 Å². The maximum atomic E-state index is 12.0. The zero-order chi connectivity index (χ0) is 27.9. The predicted octanol–water partition coefficient (Wildman–Crippen LogP) is 6.53. The van der Waals surface area contributed by atoms with E-state index in [1.54, 1.807) is 0 Å². The summed E-state index contributed by atoms with van der Waals surface area (Å²) < 4.78 is 37.0. The zero-order valence-electron chi connectivity index (χ0n) is 22.2. The Hall–Kier alpha value is -3.27. The van der Waals surface area contributed by atoms with Gasteiger partial charge in [0.15, 0.2) is 0 Å². The lowest BCUT2D eigenvalue weighted by atomic mass is 9.75. The Morgan fingerprint density at radius 2 is 1.57 bits per heavy atom. The largest absolute Gasteiger partial charge is 0.507 e. The van der Waals surface area contributed by atoms with Crippen molar-refractivity contribution in [1.82, 2.24) is 0 Å². The number of anilines is 1. The molecule has 0 saturated heterocycles. The summed E-state index contributed by atoms with van der Waals surface area (Å²) >= 11 is 0. The molecule has 1 amide bonds. The number of rotatable bonds is 12. The van der Waals surface area contributed by atoms with Gasteiger partial charge in [-0.1, -0.05) is 41.5 Å². The van der Waals surface area contributed by atoms with Gasteiger partial charge in [0.1, 0.15) is 12.4 Å². The van der Waals surface area contributed by atoms with E-state index in [9.17, 15) is 18.3 Å². The first-order valence-electron chi connectivity index (χ1n) is 12.1. The second-order valence-corrected chi connectivity index (χ2v) is 11.6. The van der Waals surface area contributed by atoms with E-state index in [1.807, 2.05) is 12.1 Å². The number of aromatic hydroxyl groups is 1.